The summed E-state index contributed by atoms with van der Waals surface area (Å²) in [7, 11) is 19.6. The highest BCUT2D eigenvalue weighted by Crippen LogP contribution is 2.62. The third-order valence-corrected chi connectivity index (χ3v) is 10.7. The van der Waals surface area contributed by atoms with E-state index in [1.54, 1.807) is 0 Å². The monoisotopic (exact) mass is 582 g/mol. The van der Waals surface area contributed by atoms with Crippen molar-refractivity contribution in [3.05, 3.63) is 179 Å². The molecule has 4 aliphatic rings. The first-order chi connectivity index (χ1) is 22.2. The van der Waals surface area contributed by atoms with E-state index in [1.165, 1.54) is 50.1 Å². The molecular formula is C41H29B3N2. The number of benzene rings is 4. The minimum absolute atomic E-state index is 0.111. The van der Waals surface area contributed by atoms with Crippen molar-refractivity contribution in [1.82, 2.24) is 9.55 Å². The maximum absolute atomic E-state index is 6.52. The average Bonchev–Trinajstić information content (AvgIpc) is 3.82. The first-order valence-electron chi connectivity index (χ1n) is 15.9. The van der Waals surface area contributed by atoms with Crippen molar-refractivity contribution >= 4 is 40.1 Å². The summed E-state index contributed by atoms with van der Waals surface area (Å²) in [5.74, 6) is 0.421. The molecule has 0 fully saturated rings. The van der Waals surface area contributed by atoms with Gasteiger partial charge in [0.05, 0.1) is 45.8 Å². The van der Waals surface area contributed by atoms with Crippen LogP contribution in [0.25, 0.3) is 27.7 Å². The number of imidazole rings is 1. The SMILES string of the molecule is [B]C([B])([B])c1nc2ccccc2n1C1(C23C=CC=CC2=C(c2ccc4c(c2)C(C)(C)c2ccccc2-4)c2ccccc23)C=CC=C1. The van der Waals surface area contributed by atoms with E-state index in [-0.39, 0.29) is 5.41 Å². The third kappa shape index (κ3) is 3.33. The van der Waals surface area contributed by atoms with E-state index >= 15 is 0 Å². The molecule has 1 aromatic heterocycles. The molecule has 5 aromatic rings. The topological polar surface area (TPSA) is 17.8 Å². The van der Waals surface area contributed by atoms with E-state index < -0.39 is 16.1 Å². The molecule has 2 nitrogen and oxygen atoms in total. The number of rotatable bonds is 4. The molecule has 0 amide bonds. The molecule has 0 saturated carbocycles. The molecule has 0 bridgehead atoms. The highest BCUT2D eigenvalue weighted by Gasteiger charge is 2.58. The third-order valence-electron chi connectivity index (χ3n) is 10.7. The molecule has 5 heteroatoms. The lowest BCUT2D eigenvalue weighted by Crippen LogP contribution is -2.52. The number of fused-ring (bicyclic) bond motifs is 7. The molecule has 9 rings (SSSR count). The Hall–Kier alpha value is -4.76. The maximum atomic E-state index is 6.52. The van der Waals surface area contributed by atoms with E-state index in [0.29, 0.717) is 5.82 Å². The Labute approximate surface area is 274 Å². The molecular weight excluding hydrogens is 553 g/mol. The van der Waals surface area contributed by atoms with Crippen LogP contribution < -0.4 is 0 Å². The van der Waals surface area contributed by atoms with Crippen molar-refractivity contribution in [2.45, 2.75) is 35.3 Å². The van der Waals surface area contributed by atoms with Crippen LogP contribution in [0.3, 0.4) is 0 Å². The fourth-order valence-corrected chi connectivity index (χ4v) is 8.75. The van der Waals surface area contributed by atoms with Gasteiger partial charge in [-0.1, -0.05) is 140 Å². The standard InChI is InChI=1S/C41H29B3N2/c1-38(2)30-15-5-3-13-27(30)28-21-20-26(25-33(28)38)36-29-14-4-6-16-31(29)40(24-10-9-17-32(36)40)39(22-11-12-23-39)46-35-19-8-7-18-34(35)45-37(46)41(42,43)44/h3-25H,1-2H3. The number of aromatic nitrogens is 2. The van der Waals surface area contributed by atoms with Crippen LogP contribution in [0.4, 0.5) is 0 Å². The normalized spacial score (nSPS) is 21.1. The predicted molar refractivity (Wildman–Crippen MR) is 191 cm³/mol. The molecule has 4 aliphatic carbocycles. The number of para-hydroxylation sites is 2. The molecule has 1 heterocycles. The van der Waals surface area contributed by atoms with Gasteiger partial charge in [-0.05, 0) is 68.3 Å². The average molecular weight is 582 g/mol. The van der Waals surface area contributed by atoms with Gasteiger partial charge < -0.3 is 4.57 Å². The van der Waals surface area contributed by atoms with Crippen LogP contribution in [0.1, 0.15) is 47.5 Å². The van der Waals surface area contributed by atoms with Gasteiger partial charge in [0.25, 0.3) is 0 Å². The molecule has 212 valence electrons. The molecule has 0 spiro atoms. The molecule has 4 aromatic carbocycles. The first-order valence-corrected chi connectivity index (χ1v) is 15.9. The number of nitrogens with zero attached hydrogens (tertiary/aromatic N) is 2. The van der Waals surface area contributed by atoms with Gasteiger partial charge in [-0.2, -0.15) is 0 Å². The summed E-state index contributed by atoms with van der Waals surface area (Å²) in [4.78, 5) is 4.95. The minimum Gasteiger partial charge on any atom is -0.314 e. The van der Waals surface area contributed by atoms with Crippen LogP contribution in [0.15, 0.2) is 145 Å². The van der Waals surface area contributed by atoms with Crippen molar-refractivity contribution in [2.24, 2.45) is 0 Å². The van der Waals surface area contributed by atoms with Crippen molar-refractivity contribution in [3.8, 4) is 11.1 Å². The van der Waals surface area contributed by atoms with Gasteiger partial charge in [0.1, 0.15) is 5.54 Å². The summed E-state index contributed by atoms with van der Waals surface area (Å²) in [6.07, 6.45) is 17.6. The molecule has 0 N–H and O–H groups in total. The van der Waals surface area contributed by atoms with Gasteiger partial charge in [-0.15, -0.1) is 0 Å². The summed E-state index contributed by atoms with van der Waals surface area (Å²) in [5, 5.41) is -1.67. The summed E-state index contributed by atoms with van der Waals surface area (Å²) >= 11 is 0. The van der Waals surface area contributed by atoms with E-state index in [1.807, 2.05) is 18.2 Å². The Kier molecular flexibility index (Phi) is 5.49. The molecule has 1 atom stereocenters. The number of hydrogen-bond acceptors (Lipinski definition) is 1. The Morgan fingerprint density at radius 1 is 0.652 bits per heavy atom. The summed E-state index contributed by atoms with van der Waals surface area (Å²) in [6, 6.07) is 32.7. The molecule has 0 saturated heterocycles. The summed E-state index contributed by atoms with van der Waals surface area (Å²) in [5.41, 5.74) is 11.6. The quantitative estimate of drug-likeness (QED) is 0.199. The first kappa shape index (κ1) is 27.5. The van der Waals surface area contributed by atoms with Crippen LogP contribution in [0.2, 0.25) is 0 Å². The van der Waals surface area contributed by atoms with Crippen LogP contribution >= 0.6 is 0 Å². The van der Waals surface area contributed by atoms with Gasteiger partial charge in [0.2, 0.25) is 0 Å². The zero-order valence-electron chi connectivity index (χ0n) is 25.9. The van der Waals surface area contributed by atoms with Crippen LogP contribution in [0, 0.1) is 0 Å². The van der Waals surface area contributed by atoms with Gasteiger partial charge >= 0.3 is 0 Å². The van der Waals surface area contributed by atoms with Crippen molar-refractivity contribution in [1.29, 1.82) is 0 Å². The Balaban J connectivity index is 1.37. The van der Waals surface area contributed by atoms with E-state index in [0.717, 1.165) is 11.0 Å². The molecule has 0 aliphatic heterocycles. The van der Waals surface area contributed by atoms with Gasteiger partial charge in [-0.3, -0.25) is 0 Å². The van der Waals surface area contributed by atoms with Gasteiger partial charge in [0.15, 0.2) is 0 Å². The second-order valence-electron chi connectivity index (χ2n) is 13.5. The highest BCUT2D eigenvalue weighted by molar-refractivity contribution is 6.58. The lowest BCUT2D eigenvalue weighted by molar-refractivity contribution is 0.342. The van der Waals surface area contributed by atoms with Gasteiger partial charge in [0, 0.05) is 5.41 Å². The van der Waals surface area contributed by atoms with Crippen LogP contribution in [-0.2, 0) is 21.5 Å². The zero-order valence-corrected chi connectivity index (χ0v) is 25.9. The van der Waals surface area contributed by atoms with Crippen LogP contribution in [-0.4, -0.2) is 33.1 Å². The fraction of sp³-hybridized carbons (Fsp3) is 0.146. The molecule has 1 unspecified atom stereocenters. The lowest BCUT2D eigenvalue weighted by atomic mass is 9.42. The predicted octanol–water partition coefficient (Wildman–Crippen LogP) is 7.66. The fourth-order valence-electron chi connectivity index (χ4n) is 8.75. The molecule has 46 heavy (non-hydrogen) atoms. The van der Waals surface area contributed by atoms with E-state index in [2.05, 4.69) is 140 Å². The second-order valence-corrected chi connectivity index (χ2v) is 13.5. The minimum atomic E-state index is -1.67. The second kappa shape index (κ2) is 9.16. The molecule has 6 radical (unpaired) electrons. The Bertz CT molecular complexity index is 2280. The highest BCUT2D eigenvalue weighted by atomic mass is 15.2. The van der Waals surface area contributed by atoms with Gasteiger partial charge in [-0.25, -0.2) is 4.98 Å². The van der Waals surface area contributed by atoms with E-state index in [9.17, 15) is 0 Å². The Morgan fingerprint density at radius 3 is 2.09 bits per heavy atom. The number of hydrogen-bond donors (Lipinski definition) is 0. The maximum Gasteiger partial charge on any atom is 0.101 e. The van der Waals surface area contributed by atoms with Crippen molar-refractivity contribution in [3.63, 3.8) is 0 Å². The summed E-state index contributed by atoms with van der Waals surface area (Å²) < 4.78 is 2.17. The van der Waals surface area contributed by atoms with Crippen LogP contribution in [0.5, 0.6) is 0 Å². The summed E-state index contributed by atoms with van der Waals surface area (Å²) in [6.45, 7) is 4.67. The van der Waals surface area contributed by atoms with Crippen molar-refractivity contribution < 1.29 is 0 Å². The largest absolute Gasteiger partial charge is 0.314 e. The smallest absolute Gasteiger partial charge is 0.101 e. The zero-order chi connectivity index (χ0) is 31.5. The lowest BCUT2D eigenvalue weighted by Gasteiger charge is -2.48. The van der Waals surface area contributed by atoms with E-state index in [4.69, 9.17) is 28.5 Å². The van der Waals surface area contributed by atoms with Crippen molar-refractivity contribution in [2.75, 3.05) is 0 Å². The Morgan fingerprint density at radius 2 is 1.30 bits per heavy atom. The number of allylic oxidation sites excluding steroid dienone is 9.